The van der Waals surface area contributed by atoms with E-state index in [2.05, 4.69) is 56.8 Å². The van der Waals surface area contributed by atoms with Crippen molar-refractivity contribution in [1.29, 1.82) is 0 Å². The molecule has 1 atom stereocenters. The number of anilines is 2. The minimum atomic E-state index is -0.274. The van der Waals surface area contributed by atoms with Crippen molar-refractivity contribution >= 4 is 17.5 Å². The highest BCUT2D eigenvalue weighted by Gasteiger charge is 2.15. The van der Waals surface area contributed by atoms with Crippen molar-refractivity contribution in [3.05, 3.63) is 72.4 Å². The summed E-state index contributed by atoms with van der Waals surface area (Å²) in [5.41, 5.74) is 3.24. The Labute approximate surface area is 177 Å². The van der Waals surface area contributed by atoms with Gasteiger partial charge in [-0.2, -0.15) is 0 Å². The molecule has 1 saturated heterocycles. The Morgan fingerprint density at radius 3 is 2.33 bits per heavy atom. The van der Waals surface area contributed by atoms with Gasteiger partial charge in [0, 0.05) is 44.1 Å². The highest BCUT2D eigenvalue weighted by molar-refractivity contribution is 5.88. The zero-order valence-electron chi connectivity index (χ0n) is 17.5. The Morgan fingerprint density at radius 2 is 1.63 bits per heavy atom. The van der Waals surface area contributed by atoms with E-state index in [9.17, 15) is 4.79 Å². The third-order valence-electron chi connectivity index (χ3n) is 5.46. The zero-order valence-corrected chi connectivity index (χ0v) is 17.5. The summed E-state index contributed by atoms with van der Waals surface area (Å²) in [6.07, 6.45) is 1.82. The molecule has 0 aliphatic carbocycles. The number of carbonyl (C=O) groups is 1. The van der Waals surface area contributed by atoms with E-state index in [1.807, 2.05) is 43.5 Å². The van der Waals surface area contributed by atoms with Gasteiger partial charge in [-0.3, -0.25) is 5.32 Å². The fourth-order valence-electron chi connectivity index (χ4n) is 3.59. The fraction of sp³-hybridized carbons (Fsp3) is 0.304. The van der Waals surface area contributed by atoms with Gasteiger partial charge in [-0.1, -0.05) is 30.3 Å². The summed E-state index contributed by atoms with van der Waals surface area (Å²) in [4.78, 5) is 17.1. The number of nitrogens with zero attached hydrogens (tertiary/aromatic N) is 4. The van der Waals surface area contributed by atoms with Crippen LogP contribution >= 0.6 is 0 Å². The summed E-state index contributed by atoms with van der Waals surface area (Å²) in [5.74, 6) is 0.508. The Balaban J connectivity index is 1.32. The fourth-order valence-corrected chi connectivity index (χ4v) is 3.59. The van der Waals surface area contributed by atoms with E-state index in [-0.39, 0.29) is 12.1 Å². The van der Waals surface area contributed by atoms with Gasteiger partial charge in [0.2, 0.25) is 0 Å². The number of hydrogen-bond donors (Lipinski definition) is 2. The molecule has 30 heavy (non-hydrogen) atoms. The Hall–Kier alpha value is -3.32. The van der Waals surface area contributed by atoms with Crippen molar-refractivity contribution in [1.82, 2.24) is 20.0 Å². The molecule has 2 amide bonds. The first-order chi connectivity index (χ1) is 14.6. The third kappa shape index (κ3) is 4.80. The number of urea groups is 1. The van der Waals surface area contributed by atoms with E-state index in [4.69, 9.17) is 0 Å². The highest BCUT2D eigenvalue weighted by atomic mass is 16.2. The summed E-state index contributed by atoms with van der Waals surface area (Å²) in [6.45, 7) is 6.23. The van der Waals surface area contributed by atoms with E-state index in [1.165, 1.54) is 5.69 Å². The van der Waals surface area contributed by atoms with Crippen LogP contribution in [0.25, 0.3) is 5.69 Å². The standard InChI is InChI=1S/C23H28N6O/c1-18(19-8-10-20(11-9-19)28-16-14-27(2)15-17-28)24-23(30)25-22-12-13-29(26-22)21-6-4-3-5-7-21/h3-13,18H,14-17H2,1-2H3,(H2,24,25,26,30). The second kappa shape index (κ2) is 9.00. The maximum Gasteiger partial charge on any atom is 0.320 e. The van der Waals surface area contributed by atoms with Crippen LogP contribution in [0.4, 0.5) is 16.3 Å². The number of rotatable bonds is 5. The van der Waals surface area contributed by atoms with Gasteiger partial charge in [-0.25, -0.2) is 9.48 Å². The van der Waals surface area contributed by atoms with Gasteiger partial charge in [0.05, 0.1) is 11.7 Å². The van der Waals surface area contributed by atoms with Gasteiger partial charge in [0.15, 0.2) is 5.82 Å². The molecule has 0 radical (unpaired) electrons. The lowest BCUT2D eigenvalue weighted by Crippen LogP contribution is -2.44. The van der Waals surface area contributed by atoms with E-state index in [1.54, 1.807) is 10.7 Å². The average Bonchev–Trinajstić information content (AvgIpc) is 3.23. The number of para-hydroxylation sites is 1. The van der Waals surface area contributed by atoms with E-state index >= 15 is 0 Å². The maximum absolute atomic E-state index is 12.4. The van der Waals surface area contributed by atoms with Crippen molar-refractivity contribution < 1.29 is 4.79 Å². The SMILES string of the molecule is CC(NC(=O)Nc1ccn(-c2ccccc2)n1)c1ccc(N2CCN(C)CC2)cc1. The molecule has 1 aliphatic rings. The summed E-state index contributed by atoms with van der Waals surface area (Å²) >= 11 is 0. The molecule has 156 valence electrons. The van der Waals surface area contributed by atoms with Gasteiger partial charge in [0.25, 0.3) is 0 Å². The smallest absolute Gasteiger partial charge is 0.320 e. The molecule has 1 aliphatic heterocycles. The Kier molecular flexibility index (Phi) is 5.99. The first-order valence-electron chi connectivity index (χ1n) is 10.3. The molecular formula is C23H28N6O. The molecule has 2 aromatic carbocycles. The Bertz CT molecular complexity index is 961. The number of likely N-dealkylation sites (N-methyl/N-ethyl adjacent to an activating group) is 1. The largest absolute Gasteiger partial charge is 0.369 e. The minimum Gasteiger partial charge on any atom is -0.369 e. The zero-order chi connectivity index (χ0) is 20.9. The first-order valence-corrected chi connectivity index (χ1v) is 10.3. The van der Waals surface area contributed by atoms with Crippen LogP contribution in [0.5, 0.6) is 0 Å². The van der Waals surface area contributed by atoms with Gasteiger partial charge in [-0.15, -0.1) is 5.10 Å². The van der Waals surface area contributed by atoms with Crippen molar-refractivity contribution in [2.75, 3.05) is 43.4 Å². The number of benzene rings is 2. The molecule has 7 heteroatoms. The summed E-state index contributed by atoms with van der Waals surface area (Å²) in [7, 11) is 2.16. The summed E-state index contributed by atoms with van der Waals surface area (Å²) in [5, 5.41) is 10.2. The van der Waals surface area contributed by atoms with Crippen LogP contribution in [0.2, 0.25) is 0 Å². The average molecular weight is 405 g/mol. The van der Waals surface area contributed by atoms with Gasteiger partial charge < -0.3 is 15.1 Å². The molecule has 4 rings (SSSR count). The number of amides is 2. The molecule has 3 aromatic rings. The predicted molar refractivity (Wildman–Crippen MR) is 120 cm³/mol. The third-order valence-corrected chi connectivity index (χ3v) is 5.46. The van der Waals surface area contributed by atoms with Gasteiger partial charge in [-0.05, 0) is 43.8 Å². The number of aromatic nitrogens is 2. The topological polar surface area (TPSA) is 65.4 Å². The molecule has 1 unspecified atom stereocenters. The molecule has 0 bridgehead atoms. The lowest BCUT2D eigenvalue weighted by molar-refractivity contribution is 0.249. The second-order valence-electron chi connectivity index (χ2n) is 7.68. The van der Waals surface area contributed by atoms with Crippen LogP contribution < -0.4 is 15.5 Å². The molecule has 0 spiro atoms. The summed E-state index contributed by atoms with van der Waals surface area (Å²) in [6, 6.07) is 19.6. The van der Waals surface area contributed by atoms with Crippen LogP contribution in [0.3, 0.4) is 0 Å². The monoisotopic (exact) mass is 404 g/mol. The van der Waals surface area contributed by atoms with E-state index < -0.39 is 0 Å². The van der Waals surface area contributed by atoms with Crippen LogP contribution in [0.1, 0.15) is 18.5 Å². The molecule has 2 heterocycles. The quantitative estimate of drug-likeness (QED) is 0.683. The van der Waals surface area contributed by atoms with Crippen LogP contribution in [-0.4, -0.2) is 53.9 Å². The highest BCUT2D eigenvalue weighted by Crippen LogP contribution is 2.20. The van der Waals surface area contributed by atoms with Gasteiger partial charge in [0.1, 0.15) is 0 Å². The molecular weight excluding hydrogens is 376 g/mol. The molecule has 7 nitrogen and oxygen atoms in total. The first kappa shape index (κ1) is 20.0. The molecule has 2 N–H and O–H groups in total. The second-order valence-corrected chi connectivity index (χ2v) is 7.68. The molecule has 1 fully saturated rings. The van der Waals surface area contributed by atoms with E-state index in [0.717, 1.165) is 37.4 Å². The Morgan fingerprint density at radius 1 is 0.933 bits per heavy atom. The van der Waals surface area contributed by atoms with E-state index in [0.29, 0.717) is 5.82 Å². The van der Waals surface area contributed by atoms with Crippen molar-refractivity contribution in [3.63, 3.8) is 0 Å². The van der Waals surface area contributed by atoms with Crippen LogP contribution in [0, 0.1) is 0 Å². The number of nitrogens with one attached hydrogen (secondary N) is 2. The number of hydrogen-bond acceptors (Lipinski definition) is 4. The molecule has 1 aromatic heterocycles. The number of carbonyl (C=O) groups excluding carboxylic acids is 1. The minimum absolute atomic E-state index is 0.109. The lowest BCUT2D eigenvalue weighted by Gasteiger charge is -2.34. The maximum atomic E-state index is 12.4. The summed E-state index contributed by atoms with van der Waals surface area (Å²) < 4.78 is 1.73. The van der Waals surface area contributed by atoms with Crippen molar-refractivity contribution in [2.24, 2.45) is 0 Å². The predicted octanol–water partition coefficient (Wildman–Crippen LogP) is 3.51. The van der Waals surface area contributed by atoms with Crippen molar-refractivity contribution in [3.8, 4) is 5.69 Å². The normalized spacial score (nSPS) is 15.6. The molecule has 0 saturated carbocycles. The number of piperazine rings is 1. The van der Waals surface area contributed by atoms with Crippen molar-refractivity contribution in [2.45, 2.75) is 13.0 Å². The van der Waals surface area contributed by atoms with Crippen LogP contribution in [0.15, 0.2) is 66.9 Å². The van der Waals surface area contributed by atoms with Crippen LogP contribution in [-0.2, 0) is 0 Å². The van der Waals surface area contributed by atoms with Gasteiger partial charge >= 0.3 is 6.03 Å². The lowest BCUT2D eigenvalue weighted by atomic mass is 10.1.